The summed E-state index contributed by atoms with van der Waals surface area (Å²) < 4.78 is 0. The molecule has 0 radical (unpaired) electrons. The third-order valence-electron chi connectivity index (χ3n) is 4.45. The van der Waals surface area contributed by atoms with E-state index in [4.69, 9.17) is 5.11 Å². The molecule has 2 fully saturated rings. The molecule has 0 aromatic rings. The number of hydrogen-bond donors (Lipinski definition) is 1. The lowest BCUT2D eigenvalue weighted by Gasteiger charge is -2.23. The highest BCUT2D eigenvalue weighted by atomic mass is 16.4. The first-order chi connectivity index (χ1) is 8.00. The number of rotatable bonds is 2. The van der Waals surface area contributed by atoms with Crippen molar-refractivity contribution in [3.05, 3.63) is 0 Å². The minimum Gasteiger partial charge on any atom is -0.481 e. The first-order valence-corrected chi connectivity index (χ1v) is 6.52. The number of carboxylic acid groups (broad SMARTS) is 1. The Kier molecular flexibility index (Phi) is 3.40. The van der Waals surface area contributed by atoms with Gasteiger partial charge in [0.15, 0.2) is 0 Å². The minimum atomic E-state index is -0.804. The Balaban J connectivity index is 2.03. The van der Waals surface area contributed by atoms with Crippen molar-refractivity contribution in [3.8, 4) is 0 Å². The van der Waals surface area contributed by atoms with Gasteiger partial charge in [-0.15, -0.1) is 0 Å². The van der Waals surface area contributed by atoms with Crippen LogP contribution in [0.25, 0.3) is 0 Å². The largest absolute Gasteiger partial charge is 0.481 e. The summed E-state index contributed by atoms with van der Waals surface area (Å²) in [6.45, 7) is 5.90. The maximum Gasteiger partial charge on any atom is 0.307 e. The smallest absolute Gasteiger partial charge is 0.307 e. The number of carbonyl (C=O) groups excluding carboxylic acids is 1. The van der Waals surface area contributed by atoms with Gasteiger partial charge in [0.25, 0.3) is 0 Å². The predicted molar refractivity (Wildman–Crippen MR) is 63.4 cm³/mol. The fraction of sp³-hybridized carbons (Fsp3) is 0.846. The van der Waals surface area contributed by atoms with E-state index in [9.17, 15) is 9.59 Å². The molecule has 1 saturated carbocycles. The molecule has 4 atom stereocenters. The third-order valence-corrected chi connectivity index (χ3v) is 4.45. The average Bonchev–Trinajstić information content (AvgIpc) is 2.85. The van der Waals surface area contributed by atoms with Gasteiger partial charge in [-0.3, -0.25) is 9.59 Å². The second-order valence-corrected chi connectivity index (χ2v) is 5.68. The molecule has 0 aromatic carbocycles. The number of aliphatic carboxylic acids is 1. The van der Waals surface area contributed by atoms with Gasteiger partial charge in [0, 0.05) is 13.1 Å². The number of amides is 1. The van der Waals surface area contributed by atoms with E-state index in [-0.39, 0.29) is 11.8 Å². The zero-order valence-electron chi connectivity index (χ0n) is 10.6. The lowest BCUT2D eigenvalue weighted by molar-refractivity contribution is -0.148. The van der Waals surface area contributed by atoms with Crippen LogP contribution in [0.15, 0.2) is 0 Å². The van der Waals surface area contributed by atoms with Crippen LogP contribution in [0.4, 0.5) is 0 Å². The Morgan fingerprint density at radius 2 is 1.59 bits per heavy atom. The molecule has 0 aromatic heterocycles. The van der Waals surface area contributed by atoms with Crippen LogP contribution in [-0.2, 0) is 9.59 Å². The summed E-state index contributed by atoms with van der Waals surface area (Å²) in [4.78, 5) is 25.3. The zero-order valence-corrected chi connectivity index (χ0v) is 10.6. The summed E-state index contributed by atoms with van der Waals surface area (Å²) in [5.41, 5.74) is 0. The van der Waals surface area contributed by atoms with Crippen molar-refractivity contribution in [2.45, 2.75) is 33.1 Å². The van der Waals surface area contributed by atoms with E-state index in [0.717, 1.165) is 25.9 Å². The lowest BCUT2D eigenvalue weighted by Crippen LogP contribution is -2.38. The molecule has 1 saturated heterocycles. The predicted octanol–water partition coefficient (Wildman–Crippen LogP) is 1.60. The van der Waals surface area contributed by atoms with Crippen molar-refractivity contribution in [1.82, 2.24) is 4.90 Å². The number of nitrogens with zero attached hydrogens (tertiary/aromatic N) is 1. The van der Waals surface area contributed by atoms with Gasteiger partial charge in [-0.05, 0) is 24.7 Å². The molecule has 1 N–H and O–H groups in total. The van der Waals surface area contributed by atoms with Crippen molar-refractivity contribution in [2.75, 3.05) is 13.1 Å². The van der Waals surface area contributed by atoms with E-state index in [1.165, 1.54) is 0 Å². The minimum absolute atomic E-state index is 0.0751. The fourth-order valence-electron chi connectivity index (χ4n) is 3.10. The van der Waals surface area contributed by atoms with E-state index >= 15 is 0 Å². The molecule has 1 heterocycles. The highest BCUT2D eigenvalue weighted by molar-refractivity contribution is 5.85. The Morgan fingerprint density at radius 3 is 2.12 bits per heavy atom. The summed E-state index contributed by atoms with van der Waals surface area (Å²) in [5.74, 6) is -0.391. The van der Waals surface area contributed by atoms with Gasteiger partial charge in [-0.1, -0.05) is 20.3 Å². The van der Waals surface area contributed by atoms with E-state index in [1.54, 1.807) is 0 Å². The molecule has 17 heavy (non-hydrogen) atoms. The van der Waals surface area contributed by atoms with Crippen molar-refractivity contribution in [3.63, 3.8) is 0 Å². The fourth-order valence-corrected chi connectivity index (χ4v) is 3.10. The molecule has 1 aliphatic carbocycles. The molecule has 1 aliphatic heterocycles. The highest BCUT2D eigenvalue weighted by Gasteiger charge is 2.41. The number of carbonyl (C=O) groups is 2. The van der Waals surface area contributed by atoms with Gasteiger partial charge >= 0.3 is 5.97 Å². The number of hydrogen-bond acceptors (Lipinski definition) is 2. The first-order valence-electron chi connectivity index (χ1n) is 6.52. The topological polar surface area (TPSA) is 57.6 Å². The standard InChI is InChI=1S/C13H21NO3/c1-8-6-14(7-9(8)2)12(15)10-4-3-5-11(10)13(16)17/h8-11H,3-7H2,1-2H3,(H,16,17). The Hall–Kier alpha value is -1.06. The van der Waals surface area contributed by atoms with Crippen molar-refractivity contribution in [2.24, 2.45) is 23.7 Å². The van der Waals surface area contributed by atoms with E-state index in [2.05, 4.69) is 13.8 Å². The maximum absolute atomic E-state index is 12.3. The molecule has 4 unspecified atom stereocenters. The van der Waals surface area contributed by atoms with Gasteiger partial charge in [0.2, 0.25) is 5.91 Å². The van der Waals surface area contributed by atoms with Crippen molar-refractivity contribution >= 4 is 11.9 Å². The van der Waals surface area contributed by atoms with Crippen LogP contribution in [0.3, 0.4) is 0 Å². The monoisotopic (exact) mass is 239 g/mol. The quantitative estimate of drug-likeness (QED) is 0.796. The number of likely N-dealkylation sites (tertiary alicyclic amines) is 1. The first kappa shape index (κ1) is 12.4. The van der Waals surface area contributed by atoms with Crippen LogP contribution in [0.5, 0.6) is 0 Å². The molecule has 1 amide bonds. The van der Waals surface area contributed by atoms with Crippen LogP contribution in [0, 0.1) is 23.7 Å². The summed E-state index contributed by atoms with van der Waals surface area (Å²) in [7, 11) is 0. The van der Waals surface area contributed by atoms with Crippen LogP contribution in [-0.4, -0.2) is 35.0 Å². The van der Waals surface area contributed by atoms with Crippen LogP contribution >= 0.6 is 0 Å². The van der Waals surface area contributed by atoms with Crippen LogP contribution in [0.2, 0.25) is 0 Å². The second-order valence-electron chi connectivity index (χ2n) is 5.68. The molecule has 96 valence electrons. The van der Waals surface area contributed by atoms with Crippen molar-refractivity contribution in [1.29, 1.82) is 0 Å². The van der Waals surface area contributed by atoms with Crippen LogP contribution < -0.4 is 0 Å². The van der Waals surface area contributed by atoms with Crippen molar-refractivity contribution < 1.29 is 14.7 Å². The number of carboxylic acids is 1. The summed E-state index contributed by atoms with van der Waals surface area (Å²) in [6, 6.07) is 0. The van der Waals surface area contributed by atoms with E-state index in [0.29, 0.717) is 18.3 Å². The average molecular weight is 239 g/mol. The van der Waals surface area contributed by atoms with Gasteiger partial charge in [0.05, 0.1) is 11.8 Å². The van der Waals surface area contributed by atoms with Gasteiger partial charge < -0.3 is 10.0 Å². The zero-order chi connectivity index (χ0) is 12.6. The van der Waals surface area contributed by atoms with E-state index in [1.807, 2.05) is 4.90 Å². The van der Waals surface area contributed by atoms with Gasteiger partial charge in [-0.25, -0.2) is 0 Å². The Labute approximate surface area is 102 Å². The molecular formula is C13H21NO3. The Bertz CT molecular complexity index is 319. The molecule has 2 rings (SSSR count). The summed E-state index contributed by atoms with van der Waals surface area (Å²) >= 11 is 0. The second kappa shape index (κ2) is 4.67. The molecule has 2 aliphatic rings. The lowest BCUT2D eigenvalue weighted by atomic mass is 9.95. The Morgan fingerprint density at radius 1 is 1.06 bits per heavy atom. The molecule has 4 nitrogen and oxygen atoms in total. The van der Waals surface area contributed by atoms with Crippen LogP contribution in [0.1, 0.15) is 33.1 Å². The summed E-state index contributed by atoms with van der Waals surface area (Å²) in [5, 5.41) is 9.11. The van der Waals surface area contributed by atoms with Gasteiger partial charge in [-0.2, -0.15) is 0 Å². The maximum atomic E-state index is 12.3. The van der Waals surface area contributed by atoms with E-state index < -0.39 is 11.9 Å². The van der Waals surface area contributed by atoms with Gasteiger partial charge in [0.1, 0.15) is 0 Å². The molecule has 0 spiro atoms. The third kappa shape index (κ3) is 2.31. The normalized spacial score (nSPS) is 37.4. The summed E-state index contributed by atoms with van der Waals surface area (Å²) in [6.07, 6.45) is 2.27. The molecule has 4 heteroatoms. The highest BCUT2D eigenvalue weighted by Crippen LogP contribution is 2.35. The SMILES string of the molecule is CC1CN(C(=O)C2CCCC2C(=O)O)CC1C. The molecule has 0 bridgehead atoms. The molecular weight excluding hydrogens is 218 g/mol.